The molecule has 4 rings (SSSR count). The van der Waals surface area contributed by atoms with Crippen LogP contribution in [0.4, 0.5) is 5.82 Å². The second-order valence-corrected chi connectivity index (χ2v) is 5.59. The Balaban J connectivity index is 1.68. The number of ether oxygens (including phenoxy) is 1. The minimum Gasteiger partial charge on any atom is -0.394 e. The first kappa shape index (κ1) is 14.2. The van der Waals surface area contributed by atoms with Crippen LogP contribution < -0.4 is 0 Å². The predicted molar refractivity (Wildman–Crippen MR) is 79.4 cm³/mol. The minimum absolute atomic E-state index is 0.239. The maximum absolute atomic E-state index is 10.9. The molecular formula is C14H15N5O4. The van der Waals surface area contributed by atoms with Gasteiger partial charge in [0.05, 0.1) is 31.9 Å². The van der Waals surface area contributed by atoms with Gasteiger partial charge in [-0.3, -0.25) is 9.36 Å². The fourth-order valence-electron chi connectivity index (χ4n) is 2.92. The number of hydrogen-bond donors (Lipinski definition) is 2. The summed E-state index contributed by atoms with van der Waals surface area (Å²) in [7, 11) is 0. The average Bonchev–Trinajstić information content (AvgIpc) is 3.17. The first-order valence-electron chi connectivity index (χ1n) is 7.25. The van der Waals surface area contributed by atoms with Crippen LogP contribution in [0.25, 0.3) is 0 Å². The molecular weight excluding hydrogens is 302 g/mol. The number of carbonyl (C=O) groups is 1. The predicted octanol–water partition coefficient (Wildman–Crippen LogP) is -0.658. The van der Waals surface area contributed by atoms with Crippen LogP contribution in [0.15, 0.2) is 28.1 Å². The summed E-state index contributed by atoms with van der Waals surface area (Å²) >= 11 is 0. The summed E-state index contributed by atoms with van der Waals surface area (Å²) in [6.07, 6.45) is 4.07. The number of fused-ring (bicyclic) bond motifs is 3. The van der Waals surface area contributed by atoms with E-state index in [1.807, 2.05) is 0 Å². The van der Waals surface area contributed by atoms with Gasteiger partial charge in [0.1, 0.15) is 18.6 Å². The number of amidine groups is 1. The van der Waals surface area contributed by atoms with Crippen LogP contribution in [0.1, 0.15) is 18.3 Å². The van der Waals surface area contributed by atoms with E-state index in [9.17, 15) is 15.0 Å². The quantitative estimate of drug-likeness (QED) is 0.716. The summed E-state index contributed by atoms with van der Waals surface area (Å²) in [6, 6.07) is 0. The van der Waals surface area contributed by atoms with Crippen molar-refractivity contribution in [2.75, 3.05) is 13.2 Å². The number of aliphatic hydroxyl groups is 2. The summed E-state index contributed by atoms with van der Waals surface area (Å²) in [6.45, 7) is 0.168. The molecule has 0 aromatic carbocycles. The van der Waals surface area contributed by atoms with Gasteiger partial charge in [-0.1, -0.05) is 0 Å². The number of aromatic nitrogens is 2. The van der Waals surface area contributed by atoms with Crippen molar-refractivity contribution < 1.29 is 19.7 Å². The van der Waals surface area contributed by atoms with Crippen molar-refractivity contribution >= 4 is 24.3 Å². The third kappa shape index (κ3) is 2.21. The Kier molecular flexibility index (Phi) is 3.33. The molecule has 0 radical (unpaired) electrons. The Labute approximate surface area is 131 Å². The molecule has 0 spiro atoms. The van der Waals surface area contributed by atoms with Gasteiger partial charge in [0, 0.05) is 18.2 Å². The lowest BCUT2D eigenvalue weighted by atomic mass is 10.2. The van der Waals surface area contributed by atoms with Crippen LogP contribution in [0.2, 0.25) is 0 Å². The topological polar surface area (TPSA) is 113 Å². The standard InChI is InChI=1S/C14H15N5O4/c20-4-8-2-15-13-12-14(17-6-18(13)3-8)19(7-16-12)11-1-9(22)10(5-21)23-11/h2,4,6-7,9-11,21-22H,1,3,5H2/t9-,10+,11+/m0/s1. The van der Waals surface area contributed by atoms with Crippen molar-refractivity contribution in [3.05, 3.63) is 23.8 Å². The fourth-order valence-corrected chi connectivity index (χ4v) is 2.92. The molecule has 3 aliphatic heterocycles. The smallest absolute Gasteiger partial charge is 0.167 e. The second-order valence-electron chi connectivity index (χ2n) is 5.59. The zero-order chi connectivity index (χ0) is 16.0. The van der Waals surface area contributed by atoms with E-state index in [2.05, 4.69) is 15.0 Å². The summed E-state index contributed by atoms with van der Waals surface area (Å²) in [5.41, 5.74) is 1.16. The first-order chi connectivity index (χ1) is 11.2. The minimum atomic E-state index is -0.725. The highest BCUT2D eigenvalue weighted by Crippen LogP contribution is 2.35. The van der Waals surface area contributed by atoms with Crippen LogP contribution in [0.3, 0.4) is 0 Å². The third-order valence-electron chi connectivity index (χ3n) is 4.12. The van der Waals surface area contributed by atoms with Gasteiger partial charge in [-0.25, -0.2) is 15.0 Å². The van der Waals surface area contributed by atoms with E-state index >= 15 is 0 Å². The van der Waals surface area contributed by atoms with Gasteiger partial charge in [-0.15, -0.1) is 0 Å². The van der Waals surface area contributed by atoms with Crippen LogP contribution in [0, 0.1) is 0 Å². The fraction of sp³-hybridized carbons (Fsp3) is 0.429. The summed E-state index contributed by atoms with van der Waals surface area (Å²) in [5, 5.41) is 19.1. The Morgan fingerprint density at radius 2 is 2.35 bits per heavy atom. The zero-order valence-corrected chi connectivity index (χ0v) is 12.1. The number of hydrogen-bond acceptors (Lipinski definition) is 8. The van der Waals surface area contributed by atoms with Gasteiger partial charge >= 0.3 is 0 Å². The van der Waals surface area contributed by atoms with Gasteiger partial charge in [0.15, 0.2) is 17.3 Å². The first-order valence-corrected chi connectivity index (χ1v) is 7.25. The van der Waals surface area contributed by atoms with Crippen molar-refractivity contribution in [2.45, 2.75) is 24.9 Å². The molecule has 9 heteroatoms. The summed E-state index contributed by atoms with van der Waals surface area (Å²) < 4.78 is 7.37. The third-order valence-corrected chi connectivity index (χ3v) is 4.12. The highest BCUT2D eigenvalue weighted by atomic mass is 16.5. The zero-order valence-electron chi connectivity index (χ0n) is 12.1. The highest BCUT2D eigenvalue weighted by Gasteiger charge is 2.37. The molecule has 23 heavy (non-hydrogen) atoms. The van der Waals surface area contributed by atoms with Gasteiger partial charge in [0.25, 0.3) is 0 Å². The van der Waals surface area contributed by atoms with E-state index in [1.165, 1.54) is 6.20 Å². The van der Waals surface area contributed by atoms with Crippen molar-refractivity contribution in [1.82, 2.24) is 14.5 Å². The van der Waals surface area contributed by atoms with Gasteiger partial charge in [0.2, 0.25) is 0 Å². The van der Waals surface area contributed by atoms with E-state index in [1.54, 1.807) is 22.1 Å². The molecule has 4 heterocycles. The van der Waals surface area contributed by atoms with Crippen LogP contribution >= 0.6 is 0 Å². The second kappa shape index (κ2) is 5.37. The summed E-state index contributed by atoms with van der Waals surface area (Å²) in [4.78, 5) is 25.6. The lowest BCUT2D eigenvalue weighted by Crippen LogP contribution is -2.36. The molecule has 120 valence electrons. The maximum atomic E-state index is 10.9. The van der Waals surface area contributed by atoms with Crippen LogP contribution in [-0.2, 0) is 9.53 Å². The van der Waals surface area contributed by atoms with E-state index in [0.717, 1.165) is 6.29 Å². The molecule has 3 atom stereocenters. The van der Waals surface area contributed by atoms with Crippen molar-refractivity contribution in [2.24, 2.45) is 9.98 Å². The average molecular weight is 317 g/mol. The normalized spacial score (nSPS) is 29.0. The monoisotopic (exact) mass is 317 g/mol. The largest absolute Gasteiger partial charge is 0.394 e. The molecule has 0 saturated carbocycles. The molecule has 0 aliphatic carbocycles. The SMILES string of the molecule is O=CC1=CN=C2c3ncn([C@H]4C[C@H](O)[C@@H](CO)O4)c3N=CN2C1. The maximum Gasteiger partial charge on any atom is 0.167 e. The molecule has 3 aliphatic rings. The number of rotatable bonds is 3. The Bertz CT molecular complexity index is 738. The molecule has 1 saturated heterocycles. The molecule has 0 bridgehead atoms. The number of aliphatic imine (C=N–C) groups is 2. The number of imidazole rings is 1. The molecule has 0 amide bonds. The Morgan fingerprint density at radius 1 is 1.48 bits per heavy atom. The lowest BCUT2D eigenvalue weighted by molar-refractivity contribution is -0.105. The number of carbonyl (C=O) groups excluding carboxylic acids is 1. The summed E-state index contributed by atoms with van der Waals surface area (Å²) in [5.74, 6) is 1.20. The van der Waals surface area contributed by atoms with E-state index < -0.39 is 18.4 Å². The lowest BCUT2D eigenvalue weighted by Gasteiger charge is -2.26. The molecule has 2 N–H and O–H groups in total. The van der Waals surface area contributed by atoms with Crippen LogP contribution in [-0.4, -0.2) is 68.5 Å². The number of aldehydes is 1. The number of aliphatic hydroxyl groups excluding tert-OH is 2. The van der Waals surface area contributed by atoms with Gasteiger partial charge in [-0.05, 0) is 0 Å². The molecule has 1 fully saturated rings. The highest BCUT2D eigenvalue weighted by molar-refractivity contribution is 6.10. The van der Waals surface area contributed by atoms with Crippen LogP contribution in [0.5, 0.6) is 0 Å². The molecule has 1 aromatic heterocycles. The van der Waals surface area contributed by atoms with Gasteiger partial charge in [-0.2, -0.15) is 0 Å². The Morgan fingerprint density at radius 3 is 3.09 bits per heavy atom. The van der Waals surface area contributed by atoms with Crippen molar-refractivity contribution in [1.29, 1.82) is 0 Å². The van der Waals surface area contributed by atoms with Crippen molar-refractivity contribution in [3.63, 3.8) is 0 Å². The van der Waals surface area contributed by atoms with E-state index in [-0.39, 0.29) is 6.61 Å². The molecule has 9 nitrogen and oxygen atoms in total. The van der Waals surface area contributed by atoms with Crippen molar-refractivity contribution in [3.8, 4) is 0 Å². The number of nitrogens with zero attached hydrogens (tertiary/aromatic N) is 5. The molecule has 0 unspecified atom stereocenters. The van der Waals surface area contributed by atoms with Gasteiger partial charge < -0.3 is 19.8 Å². The Hall–Kier alpha value is -2.36. The van der Waals surface area contributed by atoms with E-state index in [4.69, 9.17) is 4.74 Å². The van der Waals surface area contributed by atoms with E-state index in [0.29, 0.717) is 35.9 Å². The molecule has 1 aromatic rings.